The minimum absolute atomic E-state index is 1.14. The maximum absolute atomic E-state index is 2.31. The Hall–Kier alpha value is -0.300. The third-order valence-corrected chi connectivity index (χ3v) is 1.26. The predicted octanol–water partition coefficient (Wildman–Crippen LogP) is 1.90. The predicted molar refractivity (Wildman–Crippen MR) is 42.6 cm³/mol. The molecule has 0 aromatic carbocycles. The summed E-state index contributed by atoms with van der Waals surface area (Å²) < 4.78 is 0. The molecule has 0 unspecified atom stereocenters. The van der Waals surface area contributed by atoms with Gasteiger partial charge in [0.2, 0.25) is 0 Å². The summed E-state index contributed by atoms with van der Waals surface area (Å²) in [6.07, 6.45) is 5.68. The summed E-state index contributed by atoms with van der Waals surface area (Å²) in [5.41, 5.74) is 0. The van der Waals surface area contributed by atoms with Gasteiger partial charge in [0, 0.05) is 13.1 Å². The van der Waals surface area contributed by atoms with Crippen LogP contribution in [-0.2, 0) is 0 Å². The maximum atomic E-state index is 2.31. The average molecular weight is 127 g/mol. The van der Waals surface area contributed by atoms with Crippen molar-refractivity contribution in [1.82, 2.24) is 4.90 Å². The fraction of sp³-hybridized carbons (Fsp3) is 0.750. The molecular weight excluding hydrogens is 110 g/mol. The molecule has 9 heavy (non-hydrogen) atoms. The normalized spacial score (nSPS) is 18.6. The van der Waals surface area contributed by atoms with Crippen molar-refractivity contribution in [3.63, 3.8) is 0 Å². The zero-order valence-electron chi connectivity index (χ0n) is 6.72. The molecule has 0 saturated heterocycles. The van der Waals surface area contributed by atoms with Gasteiger partial charge in [0.15, 0.2) is 0 Å². The van der Waals surface area contributed by atoms with E-state index in [4.69, 9.17) is 0 Å². The summed E-state index contributed by atoms with van der Waals surface area (Å²) in [7, 11) is 2.14. The molecule has 1 heterocycles. The molecular formula is C8H17N. The lowest BCUT2D eigenvalue weighted by atomic mass is 10.3. The van der Waals surface area contributed by atoms with Gasteiger partial charge in [-0.05, 0) is 13.5 Å². The van der Waals surface area contributed by atoms with Gasteiger partial charge in [0.05, 0.1) is 0 Å². The molecule has 54 valence electrons. The van der Waals surface area contributed by atoms with E-state index in [-0.39, 0.29) is 0 Å². The minimum atomic E-state index is 1.14. The van der Waals surface area contributed by atoms with E-state index < -0.39 is 0 Å². The number of rotatable bonds is 0. The van der Waals surface area contributed by atoms with Crippen LogP contribution in [0.3, 0.4) is 0 Å². The standard InChI is InChI=1S/C6H11N.C2H6/c1-7-5-3-2-4-6-7;1-2/h2-3H,4-6H2,1H3;1-2H3. The van der Waals surface area contributed by atoms with E-state index in [0.717, 1.165) is 6.54 Å². The molecule has 0 amide bonds. The van der Waals surface area contributed by atoms with E-state index in [0.29, 0.717) is 0 Å². The number of likely N-dealkylation sites (N-methyl/N-ethyl adjacent to an activating group) is 1. The molecule has 0 aliphatic carbocycles. The highest BCUT2D eigenvalue weighted by molar-refractivity contribution is 4.89. The van der Waals surface area contributed by atoms with Gasteiger partial charge >= 0.3 is 0 Å². The van der Waals surface area contributed by atoms with Crippen molar-refractivity contribution in [3.05, 3.63) is 12.2 Å². The Kier molecular flexibility index (Phi) is 5.64. The van der Waals surface area contributed by atoms with Gasteiger partial charge in [-0.15, -0.1) is 0 Å². The first-order valence-electron chi connectivity index (χ1n) is 3.73. The van der Waals surface area contributed by atoms with Crippen molar-refractivity contribution in [2.45, 2.75) is 20.3 Å². The Bertz CT molecular complexity index is 76.6. The SMILES string of the molecule is CC.CN1CC=CCC1. The zero-order valence-corrected chi connectivity index (χ0v) is 6.72. The first-order chi connectivity index (χ1) is 4.39. The molecule has 0 bridgehead atoms. The number of hydrogen-bond donors (Lipinski definition) is 0. The summed E-state index contributed by atoms with van der Waals surface area (Å²) in [5, 5.41) is 0. The van der Waals surface area contributed by atoms with Crippen molar-refractivity contribution in [3.8, 4) is 0 Å². The number of hydrogen-bond acceptors (Lipinski definition) is 1. The van der Waals surface area contributed by atoms with Gasteiger partial charge in [0.25, 0.3) is 0 Å². The van der Waals surface area contributed by atoms with Crippen LogP contribution >= 0.6 is 0 Å². The second-order valence-corrected chi connectivity index (χ2v) is 2.02. The second kappa shape index (κ2) is 5.83. The van der Waals surface area contributed by atoms with Crippen LogP contribution in [0, 0.1) is 0 Å². The molecule has 0 aromatic rings. The lowest BCUT2D eigenvalue weighted by Crippen LogP contribution is -2.21. The van der Waals surface area contributed by atoms with Gasteiger partial charge in [-0.25, -0.2) is 0 Å². The fourth-order valence-corrected chi connectivity index (χ4v) is 0.759. The third-order valence-electron chi connectivity index (χ3n) is 1.26. The Balaban J connectivity index is 0.000000291. The smallest absolute Gasteiger partial charge is 0.0160 e. The largest absolute Gasteiger partial charge is 0.302 e. The van der Waals surface area contributed by atoms with Crippen LogP contribution in [0.5, 0.6) is 0 Å². The van der Waals surface area contributed by atoms with E-state index in [2.05, 4.69) is 24.1 Å². The Morgan fingerprint density at radius 1 is 1.22 bits per heavy atom. The summed E-state index contributed by atoms with van der Waals surface area (Å²) in [6, 6.07) is 0. The molecule has 0 N–H and O–H groups in total. The van der Waals surface area contributed by atoms with Crippen molar-refractivity contribution < 1.29 is 0 Å². The van der Waals surface area contributed by atoms with E-state index in [1.54, 1.807) is 0 Å². The third kappa shape index (κ3) is 4.22. The highest BCUT2D eigenvalue weighted by Crippen LogP contribution is 1.95. The van der Waals surface area contributed by atoms with Crippen molar-refractivity contribution in [2.75, 3.05) is 20.1 Å². The Morgan fingerprint density at radius 3 is 2.11 bits per heavy atom. The summed E-state index contributed by atoms with van der Waals surface area (Å²) in [6.45, 7) is 6.37. The highest BCUT2D eigenvalue weighted by Gasteiger charge is 1.95. The molecule has 1 nitrogen and oxygen atoms in total. The van der Waals surface area contributed by atoms with Gasteiger partial charge in [0.1, 0.15) is 0 Å². The van der Waals surface area contributed by atoms with Crippen LogP contribution in [-0.4, -0.2) is 25.0 Å². The van der Waals surface area contributed by atoms with Crippen molar-refractivity contribution >= 4 is 0 Å². The van der Waals surface area contributed by atoms with Gasteiger partial charge < -0.3 is 4.90 Å². The lowest BCUT2D eigenvalue weighted by Gasteiger charge is -2.15. The maximum Gasteiger partial charge on any atom is 0.0160 e. The number of nitrogens with zero attached hydrogens (tertiary/aromatic N) is 1. The molecule has 0 aromatic heterocycles. The van der Waals surface area contributed by atoms with E-state index >= 15 is 0 Å². The van der Waals surface area contributed by atoms with Crippen LogP contribution in [0.2, 0.25) is 0 Å². The topological polar surface area (TPSA) is 3.24 Å². The van der Waals surface area contributed by atoms with E-state index in [1.807, 2.05) is 13.8 Å². The first kappa shape index (κ1) is 8.70. The summed E-state index contributed by atoms with van der Waals surface area (Å²) in [5.74, 6) is 0. The second-order valence-electron chi connectivity index (χ2n) is 2.02. The molecule has 0 saturated carbocycles. The summed E-state index contributed by atoms with van der Waals surface area (Å²) >= 11 is 0. The van der Waals surface area contributed by atoms with Gasteiger partial charge in [-0.3, -0.25) is 0 Å². The van der Waals surface area contributed by atoms with Crippen LogP contribution in [0.4, 0.5) is 0 Å². The van der Waals surface area contributed by atoms with E-state index in [1.165, 1.54) is 13.0 Å². The van der Waals surface area contributed by atoms with Gasteiger partial charge in [-0.2, -0.15) is 0 Å². The van der Waals surface area contributed by atoms with Crippen LogP contribution < -0.4 is 0 Å². The molecule has 1 rings (SSSR count). The molecule has 1 aliphatic heterocycles. The molecule has 0 radical (unpaired) electrons. The van der Waals surface area contributed by atoms with Crippen molar-refractivity contribution in [2.24, 2.45) is 0 Å². The monoisotopic (exact) mass is 127 g/mol. The van der Waals surface area contributed by atoms with Crippen LogP contribution in [0.1, 0.15) is 20.3 Å². The molecule has 1 aliphatic rings. The fourth-order valence-electron chi connectivity index (χ4n) is 0.759. The summed E-state index contributed by atoms with van der Waals surface area (Å²) in [4.78, 5) is 2.31. The van der Waals surface area contributed by atoms with Crippen LogP contribution in [0.25, 0.3) is 0 Å². The Labute approximate surface area is 58.4 Å². The molecule has 0 spiro atoms. The Morgan fingerprint density at radius 2 is 1.89 bits per heavy atom. The lowest BCUT2D eigenvalue weighted by molar-refractivity contribution is 0.366. The first-order valence-corrected chi connectivity index (χ1v) is 3.73. The van der Waals surface area contributed by atoms with Crippen LogP contribution in [0.15, 0.2) is 12.2 Å². The zero-order chi connectivity index (χ0) is 7.11. The molecule has 0 fully saturated rings. The van der Waals surface area contributed by atoms with E-state index in [9.17, 15) is 0 Å². The van der Waals surface area contributed by atoms with Gasteiger partial charge in [-0.1, -0.05) is 26.0 Å². The van der Waals surface area contributed by atoms with Crippen molar-refractivity contribution in [1.29, 1.82) is 0 Å². The minimum Gasteiger partial charge on any atom is -0.302 e. The molecule has 1 heteroatoms. The molecule has 0 atom stereocenters. The average Bonchev–Trinajstić information content (AvgIpc) is 1.94. The quantitative estimate of drug-likeness (QED) is 0.449. The highest BCUT2D eigenvalue weighted by atomic mass is 15.1.